The third-order valence-electron chi connectivity index (χ3n) is 5.28. The molecule has 1 heterocycles. The summed E-state index contributed by atoms with van der Waals surface area (Å²) in [6.45, 7) is 3.42. The molecule has 0 radical (unpaired) electrons. The monoisotopic (exact) mass is 287 g/mol. The lowest BCUT2D eigenvalue weighted by Crippen LogP contribution is -2.42. The molecule has 1 aromatic rings. The molecule has 3 rings (SSSR count). The van der Waals surface area contributed by atoms with Crippen molar-refractivity contribution < 1.29 is 9.53 Å². The van der Waals surface area contributed by atoms with E-state index in [0.29, 0.717) is 19.1 Å². The average Bonchev–Trinajstić information content (AvgIpc) is 2.55. The minimum absolute atomic E-state index is 0.204. The second-order valence-corrected chi connectivity index (χ2v) is 6.74. The van der Waals surface area contributed by atoms with E-state index in [4.69, 9.17) is 10.5 Å². The molecule has 2 aliphatic rings. The van der Waals surface area contributed by atoms with Gasteiger partial charge in [-0.15, -0.1) is 0 Å². The van der Waals surface area contributed by atoms with Gasteiger partial charge in [0, 0.05) is 12.0 Å². The van der Waals surface area contributed by atoms with Crippen molar-refractivity contribution in [2.75, 3.05) is 13.2 Å². The topological polar surface area (TPSA) is 52.3 Å². The van der Waals surface area contributed by atoms with Gasteiger partial charge in [0.05, 0.1) is 12.2 Å². The summed E-state index contributed by atoms with van der Waals surface area (Å²) in [5, 5.41) is 0. The highest BCUT2D eigenvalue weighted by molar-refractivity contribution is 6.03. The Labute approximate surface area is 126 Å². The van der Waals surface area contributed by atoms with E-state index in [1.807, 2.05) is 12.1 Å². The molecule has 114 valence electrons. The third kappa shape index (κ3) is 2.59. The molecule has 0 spiro atoms. The number of rotatable bonds is 3. The fourth-order valence-corrected chi connectivity index (χ4v) is 3.69. The van der Waals surface area contributed by atoms with Gasteiger partial charge in [0.2, 0.25) is 0 Å². The SMILES string of the molecule is CC1CCC(CN)(C(=O)c2cccc3c2OCCC3)CC1. The maximum absolute atomic E-state index is 13.2. The van der Waals surface area contributed by atoms with Gasteiger partial charge in [-0.25, -0.2) is 0 Å². The van der Waals surface area contributed by atoms with E-state index in [2.05, 4.69) is 13.0 Å². The number of benzene rings is 1. The minimum Gasteiger partial charge on any atom is -0.493 e. The zero-order valence-electron chi connectivity index (χ0n) is 12.9. The molecule has 3 heteroatoms. The predicted octanol–water partition coefficient (Wildman–Crippen LogP) is 3.35. The highest BCUT2D eigenvalue weighted by Crippen LogP contribution is 2.43. The highest BCUT2D eigenvalue weighted by Gasteiger charge is 2.41. The van der Waals surface area contributed by atoms with Gasteiger partial charge in [0.15, 0.2) is 5.78 Å². The number of aryl methyl sites for hydroxylation is 1. The normalized spacial score (nSPS) is 28.6. The molecule has 0 unspecified atom stereocenters. The Kier molecular flexibility index (Phi) is 4.03. The lowest BCUT2D eigenvalue weighted by atomic mass is 9.67. The van der Waals surface area contributed by atoms with Crippen LogP contribution in [-0.2, 0) is 6.42 Å². The van der Waals surface area contributed by atoms with E-state index in [-0.39, 0.29) is 11.2 Å². The molecule has 0 amide bonds. The van der Waals surface area contributed by atoms with Crippen molar-refractivity contribution in [3.8, 4) is 5.75 Å². The molecule has 3 nitrogen and oxygen atoms in total. The average molecular weight is 287 g/mol. The van der Waals surface area contributed by atoms with Crippen LogP contribution in [0.4, 0.5) is 0 Å². The van der Waals surface area contributed by atoms with Crippen molar-refractivity contribution in [3.63, 3.8) is 0 Å². The highest BCUT2D eigenvalue weighted by atomic mass is 16.5. The first-order chi connectivity index (χ1) is 10.2. The summed E-state index contributed by atoms with van der Waals surface area (Å²) < 4.78 is 5.82. The Morgan fingerprint density at radius 2 is 2.14 bits per heavy atom. The Morgan fingerprint density at radius 1 is 1.38 bits per heavy atom. The Bertz CT molecular complexity index is 530. The van der Waals surface area contributed by atoms with E-state index in [9.17, 15) is 4.79 Å². The molecular formula is C18H25NO2. The summed E-state index contributed by atoms with van der Waals surface area (Å²) in [5.74, 6) is 1.73. The molecule has 0 saturated heterocycles. The van der Waals surface area contributed by atoms with E-state index in [1.165, 1.54) is 5.56 Å². The quantitative estimate of drug-likeness (QED) is 0.867. The first-order valence-electron chi connectivity index (χ1n) is 8.16. The fraction of sp³-hybridized carbons (Fsp3) is 0.611. The van der Waals surface area contributed by atoms with Gasteiger partial charge in [0.25, 0.3) is 0 Å². The van der Waals surface area contributed by atoms with Crippen molar-refractivity contribution in [2.24, 2.45) is 17.1 Å². The molecule has 1 aliphatic carbocycles. The van der Waals surface area contributed by atoms with Gasteiger partial charge >= 0.3 is 0 Å². The molecule has 2 N–H and O–H groups in total. The minimum atomic E-state index is -0.373. The largest absolute Gasteiger partial charge is 0.493 e. The van der Waals surface area contributed by atoms with E-state index < -0.39 is 0 Å². The van der Waals surface area contributed by atoms with Crippen molar-refractivity contribution in [1.82, 2.24) is 0 Å². The number of fused-ring (bicyclic) bond motifs is 1. The fourth-order valence-electron chi connectivity index (χ4n) is 3.69. The van der Waals surface area contributed by atoms with Crippen LogP contribution in [0.2, 0.25) is 0 Å². The first-order valence-corrected chi connectivity index (χ1v) is 8.16. The third-order valence-corrected chi connectivity index (χ3v) is 5.28. The van der Waals surface area contributed by atoms with Gasteiger partial charge in [-0.05, 0) is 56.1 Å². The molecule has 0 aromatic heterocycles. The van der Waals surface area contributed by atoms with Crippen molar-refractivity contribution >= 4 is 5.78 Å². The molecule has 1 aromatic carbocycles. The lowest BCUT2D eigenvalue weighted by Gasteiger charge is -2.37. The summed E-state index contributed by atoms with van der Waals surface area (Å²) in [6.07, 6.45) is 6.05. The van der Waals surface area contributed by atoms with Crippen LogP contribution in [0.5, 0.6) is 5.75 Å². The number of hydrogen-bond donors (Lipinski definition) is 1. The number of ether oxygens (including phenoxy) is 1. The van der Waals surface area contributed by atoms with E-state index in [1.54, 1.807) is 0 Å². The molecule has 21 heavy (non-hydrogen) atoms. The maximum atomic E-state index is 13.2. The Balaban J connectivity index is 1.94. The van der Waals surface area contributed by atoms with Crippen LogP contribution in [0.25, 0.3) is 0 Å². The first kappa shape index (κ1) is 14.6. The summed E-state index contributed by atoms with van der Waals surface area (Å²) in [7, 11) is 0. The molecular weight excluding hydrogens is 262 g/mol. The van der Waals surface area contributed by atoms with E-state index in [0.717, 1.165) is 49.8 Å². The van der Waals surface area contributed by atoms with Crippen LogP contribution in [-0.4, -0.2) is 18.9 Å². The second-order valence-electron chi connectivity index (χ2n) is 6.74. The lowest BCUT2D eigenvalue weighted by molar-refractivity contribution is 0.0690. The van der Waals surface area contributed by atoms with Gasteiger partial charge < -0.3 is 10.5 Å². The molecule has 0 atom stereocenters. The van der Waals surface area contributed by atoms with E-state index >= 15 is 0 Å². The van der Waals surface area contributed by atoms with Crippen LogP contribution in [0.15, 0.2) is 18.2 Å². The van der Waals surface area contributed by atoms with Crippen LogP contribution in [0.1, 0.15) is 54.9 Å². The van der Waals surface area contributed by atoms with Crippen LogP contribution in [0.3, 0.4) is 0 Å². The number of nitrogens with two attached hydrogens (primary N) is 1. The molecule has 1 saturated carbocycles. The number of hydrogen-bond acceptors (Lipinski definition) is 3. The Hall–Kier alpha value is -1.35. The van der Waals surface area contributed by atoms with Crippen molar-refractivity contribution in [3.05, 3.63) is 29.3 Å². The predicted molar refractivity (Wildman–Crippen MR) is 83.7 cm³/mol. The molecule has 1 aliphatic heterocycles. The summed E-state index contributed by atoms with van der Waals surface area (Å²) in [5.41, 5.74) is 7.59. The van der Waals surface area contributed by atoms with Crippen LogP contribution < -0.4 is 10.5 Å². The van der Waals surface area contributed by atoms with Gasteiger partial charge in [-0.2, -0.15) is 0 Å². The van der Waals surface area contributed by atoms with Crippen LogP contribution >= 0.6 is 0 Å². The maximum Gasteiger partial charge on any atom is 0.173 e. The Morgan fingerprint density at radius 3 is 2.86 bits per heavy atom. The summed E-state index contributed by atoms with van der Waals surface area (Å²) in [4.78, 5) is 13.2. The summed E-state index contributed by atoms with van der Waals surface area (Å²) >= 11 is 0. The van der Waals surface area contributed by atoms with Crippen LogP contribution in [0, 0.1) is 11.3 Å². The second kappa shape index (κ2) is 5.80. The van der Waals surface area contributed by atoms with Crippen molar-refractivity contribution in [2.45, 2.75) is 45.4 Å². The zero-order chi connectivity index (χ0) is 14.9. The van der Waals surface area contributed by atoms with Gasteiger partial charge in [-0.1, -0.05) is 19.1 Å². The number of para-hydroxylation sites is 1. The number of ketones is 1. The van der Waals surface area contributed by atoms with Gasteiger partial charge in [0.1, 0.15) is 5.75 Å². The molecule has 1 fully saturated rings. The standard InChI is InChI=1S/C18H25NO2/c1-13-7-9-18(12-19,10-8-13)17(20)15-6-2-4-14-5-3-11-21-16(14)15/h2,4,6,13H,3,5,7-12,19H2,1H3. The van der Waals surface area contributed by atoms with Gasteiger partial charge in [-0.3, -0.25) is 4.79 Å². The number of Topliss-reactive ketones (excluding diaryl/α,β-unsaturated/α-hetero) is 1. The number of carbonyl (C=O) groups is 1. The summed E-state index contributed by atoms with van der Waals surface area (Å²) in [6, 6.07) is 5.97. The molecule has 0 bridgehead atoms. The number of carbonyl (C=O) groups excluding carboxylic acids is 1. The zero-order valence-corrected chi connectivity index (χ0v) is 12.9. The van der Waals surface area contributed by atoms with Crippen molar-refractivity contribution in [1.29, 1.82) is 0 Å². The smallest absolute Gasteiger partial charge is 0.173 e.